The van der Waals surface area contributed by atoms with E-state index < -0.39 is 0 Å². The molecule has 0 aliphatic carbocycles. The smallest absolute Gasteiger partial charge is 0.119 e. The van der Waals surface area contributed by atoms with Crippen molar-refractivity contribution in [2.75, 3.05) is 26.7 Å². The highest BCUT2D eigenvalue weighted by Gasteiger charge is 2.39. The van der Waals surface area contributed by atoms with Crippen molar-refractivity contribution < 1.29 is 4.74 Å². The van der Waals surface area contributed by atoms with E-state index >= 15 is 0 Å². The molecule has 2 aromatic carbocycles. The highest BCUT2D eigenvalue weighted by molar-refractivity contribution is 5.87. The van der Waals surface area contributed by atoms with Gasteiger partial charge >= 0.3 is 0 Å². The predicted molar refractivity (Wildman–Crippen MR) is 142 cm³/mol. The predicted octanol–water partition coefficient (Wildman–Crippen LogP) is 5.80. The van der Waals surface area contributed by atoms with Crippen molar-refractivity contribution >= 4 is 21.8 Å². The minimum atomic E-state index is 0.382. The molecule has 0 spiro atoms. The molecule has 35 heavy (non-hydrogen) atoms. The average Bonchev–Trinajstić information content (AvgIpc) is 3.47. The number of para-hydroxylation sites is 1. The van der Waals surface area contributed by atoms with Gasteiger partial charge in [-0.1, -0.05) is 29.8 Å². The standard InChI is InChI=1S/C30H34N4O/c1-3-18-17-34-13-11-23-24-16-20(35-2)8-9-26(24)33-30(23)28(34)15-19(18)14-27-29-22(10-12-31-27)21-6-4-5-7-25(21)32-29/h3-9,16,19,27-28,31-33H,10-15,17H2,1-2H3/b18-3+/t19-,27-,28-/m0/s1. The van der Waals surface area contributed by atoms with E-state index in [4.69, 9.17) is 4.74 Å². The molecule has 1 fully saturated rings. The summed E-state index contributed by atoms with van der Waals surface area (Å²) in [6.07, 6.45) is 6.91. The molecule has 2 aromatic heterocycles. The number of methoxy groups -OCH3 is 1. The molecule has 0 radical (unpaired) electrons. The third kappa shape index (κ3) is 3.36. The maximum absolute atomic E-state index is 5.53. The van der Waals surface area contributed by atoms with E-state index in [1.807, 2.05) is 0 Å². The van der Waals surface area contributed by atoms with Crippen molar-refractivity contribution in [3.05, 3.63) is 76.6 Å². The van der Waals surface area contributed by atoms with Gasteiger partial charge in [0.05, 0.1) is 13.2 Å². The van der Waals surface area contributed by atoms with Gasteiger partial charge in [0.25, 0.3) is 0 Å². The summed E-state index contributed by atoms with van der Waals surface area (Å²) in [5, 5.41) is 6.60. The van der Waals surface area contributed by atoms with E-state index in [-0.39, 0.29) is 0 Å². The number of aromatic amines is 2. The largest absolute Gasteiger partial charge is 0.497 e. The molecule has 0 saturated carbocycles. The highest BCUT2D eigenvalue weighted by atomic mass is 16.5. The summed E-state index contributed by atoms with van der Waals surface area (Å²) >= 11 is 0. The van der Waals surface area contributed by atoms with Crippen LogP contribution in [0.2, 0.25) is 0 Å². The first kappa shape index (κ1) is 21.3. The van der Waals surface area contributed by atoms with E-state index in [1.54, 1.807) is 12.7 Å². The Morgan fingerprint density at radius 2 is 1.83 bits per heavy atom. The van der Waals surface area contributed by atoms with Crippen molar-refractivity contribution in [2.24, 2.45) is 5.92 Å². The zero-order valence-corrected chi connectivity index (χ0v) is 20.7. The van der Waals surface area contributed by atoms with Gasteiger partial charge in [0.1, 0.15) is 5.75 Å². The van der Waals surface area contributed by atoms with Gasteiger partial charge in [-0.05, 0) is 80.5 Å². The summed E-state index contributed by atoms with van der Waals surface area (Å²) in [6, 6.07) is 16.1. The SMILES string of the molecule is C/C=C1\CN2CCc3c([nH]c4ccc(OC)cc34)[C@@H]2C[C@@H]1C[C@@H]1NCCc2c1[nH]c1ccccc21. The number of fused-ring (bicyclic) bond motifs is 8. The second kappa shape index (κ2) is 8.28. The fourth-order valence-corrected chi connectivity index (χ4v) is 7.08. The molecule has 5 nitrogen and oxygen atoms in total. The zero-order chi connectivity index (χ0) is 23.5. The van der Waals surface area contributed by atoms with Crippen LogP contribution in [0, 0.1) is 5.92 Å². The molecule has 0 bridgehead atoms. The van der Waals surface area contributed by atoms with Crippen LogP contribution in [0.1, 0.15) is 54.4 Å². The van der Waals surface area contributed by atoms with Gasteiger partial charge in [-0.15, -0.1) is 0 Å². The molecule has 4 aromatic rings. The van der Waals surface area contributed by atoms with Crippen LogP contribution in [-0.2, 0) is 12.8 Å². The minimum Gasteiger partial charge on any atom is -0.497 e. The second-order valence-corrected chi connectivity index (χ2v) is 10.5. The molecule has 3 atom stereocenters. The van der Waals surface area contributed by atoms with Crippen molar-refractivity contribution in [3.63, 3.8) is 0 Å². The van der Waals surface area contributed by atoms with Gasteiger partial charge in [0.15, 0.2) is 0 Å². The first-order chi connectivity index (χ1) is 17.2. The Hall–Kier alpha value is -3.02. The van der Waals surface area contributed by atoms with E-state index in [1.165, 1.54) is 50.7 Å². The number of allylic oxidation sites excluding steroid dienone is 1. The number of nitrogens with zero attached hydrogens (tertiary/aromatic N) is 1. The number of benzene rings is 2. The minimum absolute atomic E-state index is 0.382. The van der Waals surface area contributed by atoms with Crippen molar-refractivity contribution in [1.29, 1.82) is 0 Å². The topological polar surface area (TPSA) is 56.1 Å². The first-order valence-electron chi connectivity index (χ1n) is 13.1. The Morgan fingerprint density at radius 1 is 1.00 bits per heavy atom. The molecule has 0 unspecified atom stereocenters. The number of hydrogen-bond donors (Lipinski definition) is 3. The van der Waals surface area contributed by atoms with E-state index in [9.17, 15) is 0 Å². The van der Waals surface area contributed by atoms with Crippen LogP contribution in [0.3, 0.4) is 0 Å². The van der Waals surface area contributed by atoms with Gasteiger partial charge in [0.2, 0.25) is 0 Å². The lowest BCUT2D eigenvalue weighted by Gasteiger charge is -2.44. The average molecular weight is 467 g/mol. The van der Waals surface area contributed by atoms with Crippen LogP contribution in [0.25, 0.3) is 21.8 Å². The van der Waals surface area contributed by atoms with Gasteiger partial charge in [0, 0.05) is 52.3 Å². The second-order valence-electron chi connectivity index (χ2n) is 10.5. The molecule has 3 N–H and O–H groups in total. The molecule has 5 heterocycles. The maximum Gasteiger partial charge on any atom is 0.119 e. The summed E-state index contributed by atoms with van der Waals surface area (Å²) in [7, 11) is 1.75. The first-order valence-corrected chi connectivity index (χ1v) is 13.1. The van der Waals surface area contributed by atoms with Crippen LogP contribution in [-0.4, -0.2) is 41.6 Å². The monoisotopic (exact) mass is 466 g/mol. The molecular formula is C30H34N4O. The Morgan fingerprint density at radius 3 is 2.71 bits per heavy atom. The lowest BCUT2D eigenvalue weighted by atomic mass is 9.78. The van der Waals surface area contributed by atoms with Crippen LogP contribution >= 0.6 is 0 Å². The summed E-state index contributed by atoms with van der Waals surface area (Å²) in [5.74, 6) is 1.51. The number of aromatic nitrogens is 2. The number of rotatable bonds is 3. The summed E-state index contributed by atoms with van der Waals surface area (Å²) in [6.45, 7) is 5.49. The Balaban J connectivity index is 1.22. The molecule has 1 saturated heterocycles. The van der Waals surface area contributed by atoms with Crippen molar-refractivity contribution in [1.82, 2.24) is 20.2 Å². The number of nitrogens with one attached hydrogen (secondary N) is 3. The van der Waals surface area contributed by atoms with Crippen LogP contribution in [0.4, 0.5) is 0 Å². The normalized spacial score (nSPS) is 25.5. The molecule has 5 heteroatoms. The van der Waals surface area contributed by atoms with E-state index in [0.29, 0.717) is 18.0 Å². The summed E-state index contributed by atoms with van der Waals surface area (Å²) in [5.41, 5.74) is 9.98. The molecular weight excluding hydrogens is 432 g/mol. The van der Waals surface area contributed by atoms with Crippen LogP contribution in [0.5, 0.6) is 5.75 Å². The van der Waals surface area contributed by atoms with Crippen molar-refractivity contribution in [2.45, 2.75) is 44.7 Å². The lowest BCUT2D eigenvalue weighted by molar-refractivity contribution is 0.131. The Kier molecular flexibility index (Phi) is 5.04. The molecule has 7 rings (SSSR count). The van der Waals surface area contributed by atoms with Gasteiger partial charge in [-0.2, -0.15) is 0 Å². The number of ether oxygens (including phenoxy) is 1. The highest BCUT2D eigenvalue weighted by Crippen LogP contribution is 2.46. The molecule has 180 valence electrons. The lowest BCUT2D eigenvalue weighted by Crippen LogP contribution is -2.43. The maximum atomic E-state index is 5.53. The molecule has 0 amide bonds. The Labute approximate surface area is 206 Å². The molecule has 3 aliphatic rings. The van der Waals surface area contributed by atoms with Gasteiger partial charge in [-0.25, -0.2) is 0 Å². The number of hydrogen-bond acceptors (Lipinski definition) is 3. The third-order valence-electron chi connectivity index (χ3n) is 8.84. The third-order valence-corrected chi connectivity index (χ3v) is 8.84. The van der Waals surface area contributed by atoms with Crippen LogP contribution < -0.4 is 10.1 Å². The number of piperidine rings is 1. The van der Waals surface area contributed by atoms with E-state index in [0.717, 1.165) is 44.6 Å². The van der Waals surface area contributed by atoms with Gasteiger partial charge < -0.3 is 20.0 Å². The summed E-state index contributed by atoms with van der Waals surface area (Å²) in [4.78, 5) is 10.3. The number of H-pyrrole nitrogens is 2. The zero-order valence-electron chi connectivity index (χ0n) is 20.7. The van der Waals surface area contributed by atoms with E-state index in [2.05, 4.69) is 75.6 Å². The quantitative estimate of drug-likeness (QED) is 0.335. The molecule has 3 aliphatic heterocycles. The van der Waals surface area contributed by atoms with Gasteiger partial charge in [-0.3, -0.25) is 4.90 Å². The fraction of sp³-hybridized carbons (Fsp3) is 0.400. The van der Waals surface area contributed by atoms with Crippen molar-refractivity contribution in [3.8, 4) is 5.75 Å². The van der Waals surface area contributed by atoms with Crippen LogP contribution in [0.15, 0.2) is 54.1 Å². The fourth-order valence-electron chi connectivity index (χ4n) is 7.08. The summed E-state index contributed by atoms with van der Waals surface area (Å²) < 4.78 is 5.53. The Bertz CT molecular complexity index is 1440.